The zero-order valence-corrected chi connectivity index (χ0v) is 13.1. The Bertz CT molecular complexity index is 831. The Labute approximate surface area is 132 Å². The van der Waals surface area contributed by atoms with E-state index in [1.807, 2.05) is 12.1 Å². The average molecular weight is 369 g/mol. The summed E-state index contributed by atoms with van der Waals surface area (Å²) in [7, 11) is 0. The molecule has 0 saturated heterocycles. The summed E-state index contributed by atoms with van der Waals surface area (Å²) in [5.41, 5.74) is 1.44. The highest BCUT2D eigenvalue weighted by Crippen LogP contribution is 2.33. The molecule has 0 amide bonds. The first-order valence-electron chi connectivity index (χ1n) is 5.64. The predicted molar refractivity (Wildman–Crippen MR) is 84.7 cm³/mol. The van der Waals surface area contributed by atoms with Gasteiger partial charge in [0, 0.05) is 10.4 Å². The lowest BCUT2D eigenvalue weighted by atomic mass is 10.1. The molecule has 2 aromatic heterocycles. The first-order chi connectivity index (χ1) is 9.54. The van der Waals surface area contributed by atoms with Gasteiger partial charge in [0.25, 0.3) is 0 Å². The Hall–Kier alpha value is -1.43. The number of nitrogens with zero attached hydrogens (tertiary/aromatic N) is 1. The number of carboxylic acids is 1. The van der Waals surface area contributed by atoms with Crippen LogP contribution in [-0.4, -0.2) is 16.1 Å². The molecule has 0 atom stereocenters. The third-order valence-corrected chi connectivity index (χ3v) is 4.71. The van der Waals surface area contributed by atoms with E-state index in [1.54, 1.807) is 24.3 Å². The molecular formula is C14H7BrClNO2S. The molecule has 0 fully saturated rings. The van der Waals surface area contributed by atoms with Gasteiger partial charge in [-0.3, -0.25) is 0 Å². The molecule has 0 radical (unpaired) electrons. The third-order valence-electron chi connectivity index (χ3n) is 2.83. The van der Waals surface area contributed by atoms with Crippen LogP contribution >= 0.6 is 38.9 Å². The molecule has 2 heterocycles. The summed E-state index contributed by atoms with van der Waals surface area (Å²) in [6.07, 6.45) is 0. The fourth-order valence-electron chi connectivity index (χ4n) is 1.96. The summed E-state index contributed by atoms with van der Waals surface area (Å²) in [6, 6.07) is 10.4. The Balaban J connectivity index is 2.32. The quantitative estimate of drug-likeness (QED) is 0.686. The molecule has 0 unspecified atom stereocenters. The topological polar surface area (TPSA) is 50.2 Å². The standard InChI is InChI=1S/C14H7BrClNO2S/c15-13-4-3-12(20-13)11-6-9(14(18)19)8-2-1-7(16)5-10(8)17-11/h1-6H,(H,18,19). The fourth-order valence-corrected chi connectivity index (χ4v) is 3.47. The highest BCUT2D eigenvalue weighted by Gasteiger charge is 2.14. The molecule has 100 valence electrons. The summed E-state index contributed by atoms with van der Waals surface area (Å²) < 4.78 is 0.970. The molecule has 6 heteroatoms. The highest BCUT2D eigenvalue weighted by molar-refractivity contribution is 9.11. The normalized spacial score (nSPS) is 10.9. The first kappa shape index (κ1) is 13.5. The molecule has 1 aromatic carbocycles. The van der Waals surface area contributed by atoms with Crippen LogP contribution in [0.4, 0.5) is 0 Å². The maximum Gasteiger partial charge on any atom is 0.336 e. The van der Waals surface area contributed by atoms with Gasteiger partial charge in [-0.05, 0) is 46.3 Å². The molecule has 0 aliphatic heterocycles. The second-order valence-electron chi connectivity index (χ2n) is 4.13. The number of hydrogen-bond acceptors (Lipinski definition) is 3. The summed E-state index contributed by atoms with van der Waals surface area (Å²) in [5.74, 6) is -0.975. The van der Waals surface area contributed by atoms with Crippen LogP contribution < -0.4 is 0 Å². The Kier molecular flexibility index (Phi) is 3.50. The number of halogens is 2. The zero-order valence-electron chi connectivity index (χ0n) is 9.93. The van der Waals surface area contributed by atoms with Gasteiger partial charge in [-0.2, -0.15) is 0 Å². The van der Waals surface area contributed by atoms with Gasteiger partial charge in [-0.25, -0.2) is 9.78 Å². The van der Waals surface area contributed by atoms with Gasteiger partial charge < -0.3 is 5.11 Å². The number of hydrogen-bond donors (Lipinski definition) is 1. The molecule has 3 aromatic rings. The molecule has 0 aliphatic carbocycles. The second kappa shape index (κ2) is 5.16. The average Bonchev–Trinajstić information content (AvgIpc) is 2.83. The van der Waals surface area contributed by atoms with Crippen molar-refractivity contribution in [3.8, 4) is 10.6 Å². The van der Waals surface area contributed by atoms with E-state index in [2.05, 4.69) is 20.9 Å². The molecule has 3 nitrogen and oxygen atoms in total. The number of fused-ring (bicyclic) bond motifs is 1. The largest absolute Gasteiger partial charge is 0.478 e. The van der Waals surface area contributed by atoms with Crippen LogP contribution in [0.15, 0.2) is 40.2 Å². The molecule has 0 saturated carbocycles. The van der Waals surface area contributed by atoms with Crippen molar-refractivity contribution in [3.05, 3.63) is 50.8 Å². The van der Waals surface area contributed by atoms with E-state index >= 15 is 0 Å². The van der Waals surface area contributed by atoms with Gasteiger partial charge in [-0.1, -0.05) is 17.7 Å². The smallest absolute Gasteiger partial charge is 0.336 e. The van der Waals surface area contributed by atoms with Gasteiger partial charge in [0.2, 0.25) is 0 Å². The highest BCUT2D eigenvalue weighted by atomic mass is 79.9. The zero-order chi connectivity index (χ0) is 14.3. The molecule has 0 spiro atoms. The number of carboxylic acid groups (broad SMARTS) is 1. The number of thiophene rings is 1. The van der Waals surface area contributed by atoms with Crippen LogP contribution in [0.25, 0.3) is 21.5 Å². The van der Waals surface area contributed by atoms with Gasteiger partial charge in [-0.15, -0.1) is 11.3 Å². The minimum atomic E-state index is -0.975. The van der Waals surface area contributed by atoms with Gasteiger partial charge in [0.1, 0.15) is 0 Å². The minimum absolute atomic E-state index is 0.228. The Morgan fingerprint density at radius 1 is 1.25 bits per heavy atom. The number of aromatic carboxylic acids is 1. The number of pyridine rings is 1. The van der Waals surface area contributed by atoms with E-state index in [0.717, 1.165) is 8.66 Å². The molecule has 20 heavy (non-hydrogen) atoms. The summed E-state index contributed by atoms with van der Waals surface area (Å²) >= 11 is 10.9. The molecule has 0 aliphatic rings. The molecular weight excluding hydrogens is 362 g/mol. The third kappa shape index (κ3) is 2.44. The minimum Gasteiger partial charge on any atom is -0.478 e. The lowest BCUT2D eigenvalue weighted by molar-refractivity contribution is 0.0699. The van der Waals surface area contributed by atoms with E-state index in [0.29, 0.717) is 21.6 Å². The van der Waals surface area contributed by atoms with Crippen molar-refractivity contribution in [3.63, 3.8) is 0 Å². The van der Waals surface area contributed by atoms with Crippen LogP contribution in [0, 0.1) is 0 Å². The lowest BCUT2D eigenvalue weighted by Crippen LogP contribution is -1.99. The van der Waals surface area contributed by atoms with Crippen molar-refractivity contribution in [1.82, 2.24) is 4.98 Å². The van der Waals surface area contributed by atoms with E-state index in [9.17, 15) is 9.90 Å². The van der Waals surface area contributed by atoms with Crippen molar-refractivity contribution in [1.29, 1.82) is 0 Å². The Morgan fingerprint density at radius 3 is 2.70 bits per heavy atom. The van der Waals surface area contributed by atoms with Crippen molar-refractivity contribution in [2.24, 2.45) is 0 Å². The molecule has 3 rings (SSSR count). The SMILES string of the molecule is O=C(O)c1cc(-c2ccc(Br)s2)nc2cc(Cl)ccc12. The molecule has 0 bridgehead atoms. The lowest BCUT2D eigenvalue weighted by Gasteiger charge is -2.06. The van der Waals surface area contributed by atoms with Crippen LogP contribution in [0.3, 0.4) is 0 Å². The van der Waals surface area contributed by atoms with E-state index in [4.69, 9.17) is 11.6 Å². The second-order valence-corrected chi connectivity index (χ2v) is 7.02. The maximum absolute atomic E-state index is 11.4. The van der Waals surface area contributed by atoms with E-state index < -0.39 is 5.97 Å². The fraction of sp³-hybridized carbons (Fsp3) is 0. The number of carbonyl (C=O) groups is 1. The van der Waals surface area contributed by atoms with Crippen molar-refractivity contribution in [2.45, 2.75) is 0 Å². The number of benzene rings is 1. The van der Waals surface area contributed by atoms with Gasteiger partial charge in [0.05, 0.1) is 25.4 Å². The van der Waals surface area contributed by atoms with Crippen molar-refractivity contribution < 1.29 is 9.90 Å². The summed E-state index contributed by atoms with van der Waals surface area (Å²) in [4.78, 5) is 16.8. The molecule has 1 N–H and O–H groups in total. The Morgan fingerprint density at radius 2 is 2.05 bits per heavy atom. The van der Waals surface area contributed by atoms with Gasteiger partial charge in [0.15, 0.2) is 0 Å². The van der Waals surface area contributed by atoms with Crippen molar-refractivity contribution >= 4 is 55.7 Å². The number of aromatic nitrogens is 1. The summed E-state index contributed by atoms with van der Waals surface area (Å²) in [6.45, 7) is 0. The first-order valence-corrected chi connectivity index (χ1v) is 7.62. The van der Waals surface area contributed by atoms with E-state index in [1.165, 1.54) is 11.3 Å². The number of rotatable bonds is 2. The van der Waals surface area contributed by atoms with Crippen LogP contribution in [0.5, 0.6) is 0 Å². The van der Waals surface area contributed by atoms with Crippen LogP contribution in [0.2, 0.25) is 5.02 Å². The van der Waals surface area contributed by atoms with Crippen LogP contribution in [0.1, 0.15) is 10.4 Å². The van der Waals surface area contributed by atoms with E-state index in [-0.39, 0.29) is 5.56 Å². The van der Waals surface area contributed by atoms with Crippen molar-refractivity contribution in [2.75, 3.05) is 0 Å². The maximum atomic E-state index is 11.4. The predicted octanol–water partition coefficient (Wildman–Crippen LogP) is 5.08. The summed E-state index contributed by atoms with van der Waals surface area (Å²) in [5, 5.41) is 10.5. The monoisotopic (exact) mass is 367 g/mol. The van der Waals surface area contributed by atoms with Gasteiger partial charge >= 0.3 is 5.97 Å². The van der Waals surface area contributed by atoms with Crippen LogP contribution in [-0.2, 0) is 0 Å².